The number of rotatable bonds is 6. The first-order chi connectivity index (χ1) is 9.86. The maximum atomic E-state index is 5.82. The van der Waals surface area contributed by atoms with Crippen LogP contribution in [-0.2, 0) is 13.0 Å². The van der Waals surface area contributed by atoms with Crippen LogP contribution in [0.15, 0.2) is 29.1 Å². The van der Waals surface area contributed by atoms with E-state index >= 15 is 0 Å². The van der Waals surface area contributed by atoms with Gasteiger partial charge in [0.15, 0.2) is 0 Å². The van der Waals surface area contributed by atoms with Gasteiger partial charge in [0.1, 0.15) is 12.4 Å². The third kappa shape index (κ3) is 3.02. The first-order valence-electron chi connectivity index (χ1n) is 7.23. The average Bonchev–Trinajstić information content (AvgIpc) is 3.12. The van der Waals surface area contributed by atoms with Gasteiger partial charge in [0.25, 0.3) is 0 Å². The molecule has 4 heteroatoms. The Morgan fingerprint density at radius 2 is 2.40 bits per heavy atom. The molecule has 1 unspecified atom stereocenters. The van der Waals surface area contributed by atoms with E-state index in [0.717, 1.165) is 24.4 Å². The molecule has 20 heavy (non-hydrogen) atoms. The van der Waals surface area contributed by atoms with Crippen LogP contribution in [-0.4, -0.2) is 11.5 Å². The lowest BCUT2D eigenvalue weighted by atomic mass is 10.1. The fourth-order valence-corrected chi connectivity index (χ4v) is 3.22. The molecule has 1 N–H and O–H groups in total. The van der Waals surface area contributed by atoms with E-state index in [-0.39, 0.29) is 0 Å². The van der Waals surface area contributed by atoms with Crippen LogP contribution in [0.3, 0.4) is 0 Å². The number of hydrogen-bond acceptors (Lipinski definition) is 4. The number of hydrogen-bond donors (Lipinski definition) is 1. The number of thiazole rings is 1. The van der Waals surface area contributed by atoms with E-state index in [9.17, 15) is 0 Å². The highest BCUT2D eigenvalue weighted by atomic mass is 32.1. The molecule has 0 bridgehead atoms. The molecule has 0 fully saturated rings. The van der Waals surface area contributed by atoms with Gasteiger partial charge in [0.2, 0.25) is 0 Å². The van der Waals surface area contributed by atoms with Crippen molar-refractivity contribution >= 4 is 11.3 Å². The Balaban J connectivity index is 1.64. The summed E-state index contributed by atoms with van der Waals surface area (Å²) in [6.07, 6.45) is 3.52. The predicted octanol–water partition coefficient (Wildman–Crippen LogP) is 3.71. The molecule has 1 aromatic heterocycles. The summed E-state index contributed by atoms with van der Waals surface area (Å²) >= 11 is 1.60. The van der Waals surface area contributed by atoms with Gasteiger partial charge in [-0.25, -0.2) is 4.98 Å². The van der Waals surface area contributed by atoms with Crippen LogP contribution in [0.4, 0.5) is 0 Å². The monoisotopic (exact) mass is 288 g/mol. The van der Waals surface area contributed by atoms with Crippen molar-refractivity contribution in [2.45, 2.75) is 38.8 Å². The molecule has 0 spiro atoms. The zero-order chi connectivity index (χ0) is 13.8. The van der Waals surface area contributed by atoms with Crippen LogP contribution in [0.25, 0.3) is 0 Å². The van der Waals surface area contributed by atoms with E-state index in [1.54, 1.807) is 11.3 Å². The molecule has 1 atom stereocenters. The van der Waals surface area contributed by atoms with Crippen molar-refractivity contribution < 1.29 is 4.74 Å². The van der Waals surface area contributed by atoms with Gasteiger partial charge in [-0.2, -0.15) is 0 Å². The molecule has 1 heterocycles. The second-order valence-corrected chi connectivity index (χ2v) is 5.89. The Morgan fingerprint density at radius 1 is 1.45 bits per heavy atom. The Labute approximate surface area is 124 Å². The molecule has 0 amide bonds. The molecule has 1 aliphatic carbocycles. The molecule has 3 nitrogen and oxygen atoms in total. The highest BCUT2D eigenvalue weighted by Crippen LogP contribution is 2.33. The summed E-state index contributed by atoms with van der Waals surface area (Å²) in [5.41, 5.74) is 5.71. The lowest BCUT2D eigenvalue weighted by Crippen LogP contribution is -2.19. The van der Waals surface area contributed by atoms with Crippen LogP contribution in [0, 0.1) is 0 Å². The Bertz CT molecular complexity index is 554. The average molecular weight is 288 g/mol. The van der Waals surface area contributed by atoms with Crippen molar-refractivity contribution in [1.29, 1.82) is 0 Å². The second kappa shape index (κ2) is 6.37. The highest BCUT2D eigenvalue weighted by Gasteiger charge is 2.21. The maximum Gasteiger partial charge on any atom is 0.131 e. The summed E-state index contributed by atoms with van der Waals surface area (Å²) < 4.78 is 5.82. The molecule has 0 saturated carbocycles. The van der Waals surface area contributed by atoms with Gasteiger partial charge in [0.05, 0.1) is 11.2 Å². The van der Waals surface area contributed by atoms with E-state index in [0.29, 0.717) is 12.6 Å². The number of benzene rings is 1. The number of aromatic nitrogens is 1. The third-order valence-corrected chi connectivity index (χ3v) is 4.34. The Hall–Kier alpha value is -1.39. The zero-order valence-corrected chi connectivity index (χ0v) is 12.6. The van der Waals surface area contributed by atoms with Gasteiger partial charge in [-0.05, 0) is 49.1 Å². The summed E-state index contributed by atoms with van der Waals surface area (Å²) in [7, 11) is 0. The maximum absolute atomic E-state index is 5.82. The van der Waals surface area contributed by atoms with Gasteiger partial charge in [0, 0.05) is 11.4 Å². The smallest absolute Gasteiger partial charge is 0.131 e. The van der Waals surface area contributed by atoms with E-state index in [4.69, 9.17) is 4.74 Å². The van der Waals surface area contributed by atoms with Crippen molar-refractivity contribution in [1.82, 2.24) is 10.3 Å². The first kappa shape index (κ1) is 13.6. The van der Waals surface area contributed by atoms with Crippen molar-refractivity contribution in [2.24, 2.45) is 0 Å². The summed E-state index contributed by atoms with van der Waals surface area (Å²) in [5.74, 6) is 0.952. The standard InChI is InChI=1S/C16H20N2OS/c1-2-7-17-16-6-3-12-8-14(4-5-15(12)16)19-9-13-10-20-11-18-13/h4-5,8,10-11,16-17H,2-3,6-7,9H2,1H3. The van der Waals surface area contributed by atoms with E-state index in [1.165, 1.54) is 24.0 Å². The quantitative estimate of drug-likeness (QED) is 0.880. The molecule has 1 aliphatic rings. The van der Waals surface area contributed by atoms with Crippen LogP contribution < -0.4 is 10.1 Å². The van der Waals surface area contributed by atoms with Gasteiger partial charge in [-0.15, -0.1) is 11.3 Å². The molecule has 106 valence electrons. The summed E-state index contributed by atoms with van der Waals surface area (Å²) in [6.45, 7) is 3.85. The lowest BCUT2D eigenvalue weighted by Gasteiger charge is -2.13. The van der Waals surface area contributed by atoms with E-state index in [2.05, 4.69) is 35.4 Å². The van der Waals surface area contributed by atoms with Gasteiger partial charge in [-0.1, -0.05) is 13.0 Å². The van der Waals surface area contributed by atoms with Gasteiger partial charge < -0.3 is 10.1 Å². The van der Waals surface area contributed by atoms with Crippen LogP contribution in [0.5, 0.6) is 5.75 Å². The van der Waals surface area contributed by atoms with E-state index < -0.39 is 0 Å². The molecule has 0 radical (unpaired) electrons. The SMILES string of the molecule is CCCNC1CCc2cc(OCc3cscn3)ccc21. The predicted molar refractivity (Wildman–Crippen MR) is 82.2 cm³/mol. The highest BCUT2D eigenvalue weighted by molar-refractivity contribution is 7.07. The topological polar surface area (TPSA) is 34.1 Å². The minimum Gasteiger partial charge on any atom is -0.487 e. The largest absolute Gasteiger partial charge is 0.487 e. The minimum atomic E-state index is 0.526. The number of nitrogens with zero attached hydrogens (tertiary/aromatic N) is 1. The molecular weight excluding hydrogens is 268 g/mol. The third-order valence-electron chi connectivity index (χ3n) is 3.70. The van der Waals surface area contributed by atoms with Gasteiger partial charge >= 0.3 is 0 Å². The number of fused-ring (bicyclic) bond motifs is 1. The number of aryl methyl sites for hydroxylation is 1. The molecular formula is C16H20N2OS. The van der Waals surface area contributed by atoms with Gasteiger partial charge in [-0.3, -0.25) is 0 Å². The van der Waals surface area contributed by atoms with Crippen molar-refractivity contribution in [3.05, 3.63) is 45.9 Å². The summed E-state index contributed by atoms with van der Waals surface area (Å²) in [6, 6.07) is 7.01. The fraction of sp³-hybridized carbons (Fsp3) is 0.438. The fourth-order valence-electron chi connectivity index (χ4n) is 2.68. The first-order valence-corrected chi connectivity index (χ1v) is 8.17. The number of nitrogens with one attached hydrogen (secondary N) is 1. The lowest BCUT2D eigenvalue weighted by molar-refractivity contribution is 0.302. The minimum absolute atomic E-state index is 0.526. The molecule has 1 aromatic carbocycles. The van der Waals surface area contributed by atoms with Crippen molar-refractivity contribution in [2.75, 3.05) is 6.54 Å². The second-order valence-electron chi connectivity index (χ2n) is 5.17. The van der Waals surface area contributed by atoms with Crippen LogP contribution in [0.1, 0.15) is 42.6 Å². The summed E-state index contributed by atoms with van der Waals surface area (Å²) in [4.78, 5) is 4.23. The molecule has 2 aromatic rings. The van der Waals surface area contributed by atoms with Crippen LogP contribution >= 0.6 is 11.3 Å². The zero-order valence-electron chi connectivity index (χ0n) is 11.8. The number of ether oxygens (including phenoxy) is 1. The van der Waals surface area contributed by atoms with Crippen molar-refractivity contribution in [3.63, 3.8) is 0 Å². The van der Waals surface area contributed by atoms with Crippen LogP contribution in [0.2, 0.25) is 0 Å². The van der Waals surface area contributed by atoms with E-state index in [1.807, 2.05) is 10.9 Å². The molecule has 0 aliphatic heterocycles. The molecule has 3 rings (SSSR count). The molecule has 0 saturated heterocycles. The van der Waals surface area contributed by atoms with Crippen molar-refractivity contribution in [3.8, 4) is 5.75 Å². The summed E-state index contributed by atoms with van der Waals surface area (Å²) in [5, 5.41) is 5.64. The Kier molecular flexibility index (Phi) is 4.33. The Morgan fingerprint density at radius 3 is 3.20 bits per heavy atom. The normalized spacial score (nSPS) is 17.1.